The molecule has 74 valence electrons. The standard InChI is InChI=1S/C10H18N2O/c1-3-8(7-11)10(2,13)9-5-4-6-12-9/h8-9,12-13H,3-6H2,1-2H3. The number of hydrogen-bond acceptors (Lipinski definition) is 3. The van der Waals surface area contributed by atoms with Gasteiger partial charge < -0.3 is 10.4 Å². The van der Waals surface area contributed by atoms with Crippen molar-refractivity contribution in [1.29, 1.82) is 5.26 Å². The molecular formula is C10H18N2O. The van der Waals surface area contributed by atoms with Gasteiger partial charge in [0, 0.05) is 6.04 Å². The van der Waals surface area contributed by atoms with E-state index < -0.39 is 5.60 Å². The summed E-state index contributed by atoms with van der Waals surface area (Å²) in [7, 11) is 0. The summed E-state index contributed by atoms with van der Waals surface area (Å²) in [5, 5.41) is 22.3. The first-order valence-corrected chi connectivity index (χ1v) is 4.98. The fraction of sp³-hybridized carbons (Fsp3) is 0.900. The first-order chi connectivity index (χ1) is 6.12. The number of hydrogen-bond donors (Lipinski definition) is 2. The molecule has 1 fully saturated rings. The van der Waals surface area contributed by atoms with Crippen molar-refractivity contribution in [2.45, 2.75) is 44.8 Å². The van der Waals surface area contributed by atoms with Crippen molar-refractivity contribution in [2.24, 2.45) is 5.92 Å². The Bertz CT molecular complexity index is 201. The lowest BCUT2D eigenvalue weighted by Crippen LogP contribution is -2.50. The Labute approximate surface area is 79.8 Å². The third-order valence-electron chi connectivity index (χ3n) is 3.04. The Hall–Kier alpha value is -0.590. The minimum absolute atomic E-state index is 0.0945. The number of rotatable bonds is 3. The summed E-state index contributed by atoms with van der Waals surface area (Å²) in [4.78, 5) is 0. The van der Waals surface area contributed by atoms with Crippen molar-refractivity contribution >= 4 is 0 Å². The summed E-state index contributed by atoms with van der Waals surface area (Å²) in [6.07, 6.45) is 2.79. The van der Waals surface area contributed by atoms with Crippen molar-refractivity contribution in [3.05, 3.63) is 0 Å². The molecule has 0 spiro atoms. The SMILES string of the molecule is CCC(C#N)C(C)(O)C1CCCN1. The lowest BCUT2D eigenvalue weighted by molar-refractivity contribution is -0.0114. The van der Waals surface area contributed by atoms with Crippen molar-refractivity contribution < 1.29 is 5.11 Å². The van der Waals surface area contributed by atoms with Crippen LogP contribution < -0.4 is 5.32 Å². The first kappa shape index (κ1) is 10.5. The van der Waals surface area contributed by atoms with Crippen LogP contribution in [-0.2, 0) is 0 Å². The van der Waals surface area contributed by atoms with Crippen molar-refractivity contribution in [3.8, 4) is 6.07 Å². The molecule has 0 amide bonds. The highest BCUT2D eigenvalue weighted by molar-refractivity contribution is 5.03. The third kappa shape index (κ3) is 2.01. The molecular weight excluding hydrogens is 164 g/mol. The van der Waals surface area contributed by atoms with Gasteiger partial charge in [-0.3, -0.25) is 0 Å². The van der Waals surface area contributed by atoms with Gasteiger partial charge in [0.2, 0.25) is 0 Å². The quantitative estimate of drug-likeness (QED) is 0.685. The monoisotopic (exact) mass is 182 g/mol. The molecule has 0 bridgehead atoms. The number of nitriles is 1. The van der Waals surface area contributed by atoms with E-state index in [1.165, 1.54) is 0 Å². The maximum Gasteiger partial charge on any atom is 0.0929 e. The molecule has 3 nitrogen and oxygen atoms in total. The summed E-state index contributed by atoms with van der Waals surface area (Å²) in [5.74, 6) is -0.261. The van der Waals surface area contributed by atoms with E-state index >= 15 is 0 Å². The lowest BCUT2D eigenvalue weighted by atomic mass is 9.81. The predicted octanol–water partition coefficient (Wildman–Crippen LogP) is 1.04. The summed E-state index contributed by atoms with van der Waals surface area (Å²) in [6.45, 7) is 4.67. The molecule has 0 radical (unpaired) electrons. The molecule has 3 atom stereocenters. The average molecular weight is 182 g/mol. The second-order valence-electron chi connectivity index (χ2n) is 3.96. The summed E-state index contributed by atoms with van der Waals surface area (Å²) >= 11 is 0. The van der Waals surface area contributed by atoms with Crippen LogP contribution in [0.4, 0.5) is 0 Å². The molecule has 1 aliphatic heterocycles. The molecule has 1 aliphatic rings. The topological polar surface area (TPSA) is 56.0 Å². The second kappa shape index (κ2) is 4.08. The van der Waals surface area contributed by atoms with E-state index in [9.17, 15) is 5.11 Å². The van der Waals surface area contributed by atoms with Gasteiger partial charge in [-0.25, -0.2) is 0 Å². The molecule has 1 rings (SSSR count). The van der Waals surface area contributed by atoms with E-state index in [0.29, 0.717) is 6.42 Å². The van der Waals surface area contributed by atoms with E-state index in [4.69, 9.17) is 5.26 Å². The van der Waals surface area contributed by atoms with Crippen molar-refractivity contribution in [1.82, 2.24) is 5.32 Å². The molecule has 0 aromatic heterocycles. The van der Waals surface area contributed by atoms with Gasteiger partial charge in [-0.05, 0) is 32.7 Å². The molecule has 0 aromatic rings. The third-order valence-corrected chi connectivity index (χ3v) is 3.04. The highest BCUT2D eigenvalue weighted by Gasteiger charge is 2.40. The minimum Gasteiger partial charge on any atom is -0.387 e. The normalized spacial score (nSPS) is 29.2. The average Bonchev–Trinajstić information content (AvgIpc) is 2.58. The zero-order valence-electron chi connectivity index (χ0n) is 8.38. The summed E-state index contributed by atoms with van der Waals surface area (Å²) < 4.78 is 0. The fourth-order valence-corrected chi connectivity index (χ4v) is 2.06. The molecule has 0 aromatic carbocycles. The van der Waals surface area contributed by atoms with E-state index in [1.54, 1.807) is 6.92 Å². The highest BCUT2D eigenvalue weighted by Crippen LogP contribution is 2.28. The van der Waals surface area contributed by atoms with Crippen LogP contribution in [0.3, 0.4) is 0 Å². The second-order valence-corrected chi connectivity index (χ2v) is 3.96. The Morgan fingerprint density at radius 3 is 2.85 bits per heavy atom. The maximum atomic E-state index is 10.2. The molecule has 13 heavy (non-hydrogen) atoms. The van der Waals surface area contributed by atoms with Gasteiger partial charge in [0.15, 0.2) is 0 Å². The smallest absolute Gasteiger partial charge is 0.0929 e. The highest BCUT2D eigenvalue weighted by atomic mass is 16.3. The number of nitrogens with zero attached hydrogens (tertiary/aromatic N) is 1. The predicted molar refractivity (Wildman–Crippen MR) is 51.0 cm³/mol. The molecule has 1 saturated heterocycles. The Morgan fingerprint density at radius 1 is 1.77 bits per heavy atom. The molecule has 3 unspecified atom stereocenters. The van der Waals surface area contributed by atoms with E-state index in [-0.39, 0.29) is 12.0 Å². The van der Waals surface area contributed by atoms with Gasteiger partial charge in [0.1, 0.15) is 0 Å². The first-order valence-electron chi connectivity index (χ1n) is 4.98. The van der Waals surface area contributed by atoms with Crippen LogP contribution in [0.15, 0.2) is 0 Å². The summed E-state index contributed by atoms with van der Waals surface area (Å²) in [5.41, 5.74) is -0.875. The maximum absolute atomic E-state index is 10.2. The Balaban J connectivity index is 2.67. The molecule has 0 aliphatic carbocycles. The van der Waals surface area contributed by atoms with E-state index in [2.05, 4.69) is 11.4 Å². The minimum atomic E-state index is -0.875. The van der Waals surface area contributed by atoms with E-state index in [1.807, 2.05) is 6.92 Å². The van der Waals surface area contributed by atoms with Crippen LogP contribution in [0.2, 0.25) is 0 Å². The fourth-order valence-electron chi connectivity index (χ4n) is 2.06. The van der Waals surface area contributed by atoms with Crippen LogP contribution >= 0.6 is 0 Å². The lowest BCUT2D eigenvalue weighted by Gasteiger charge is -2.33. The van der Waals surface area contributed by atoms with Crippen LogP contribution in [0.25, 0.3) is 0 Å². The largest absolute Gasteiger partial charge is 0.387 e. The Morgan fingerprint density at radius 2 is 2.46 bits per heavy atom. The molecule has 2 N–H and O–H groups in total. The van der Waals surface area contributed by atoms with Gasteiger partial charge in [0.05, 0.1) is 17.6 Å². The molecule has 3 heteroatoms. The van der Waals surface area contributed by atoms with Crippen LogP contribution in [0.5, 0.6) is 0 Å². The van der Waals surface area contributed by atoms with E-state index in [0.717, 1.165) is 19.4 Å². The van der Waals surface area contributed by atoms with Gasteiger partial charge in [0.25, 0.3) is 0 Å². The van der Waals surface area contributed by atoms with Gasteiger partial charge in [-0.1, -0.05) is 6.92 Å². The van der Waals surface area contributed by atoms with Crippen LogP contribution in [0, 0.1) is 17.2 Å². The van der Waals surface area contributed by atoms with Crippen molar-refractivity contribution in [2.75, 3.05) is 6.54 Å². The zero-order chi connectivity index (χ0) is 9.90. The van der Waals surface area contributed by atoms with Gasteiger partial charge >= 0.3 is 0 Å². The molecule has 1 heterocycles. The number of nitrogens with one attached hydrogen (secondary N) is 1. The zero-order valence-corrected chi connectivity index (χ0v) is 8.38. The molecule has 0 saturated carbocycles. The van der Waals surface area contributed by atoms with Gasteiger partial charge in [-0.15, -0.1) is 0 Å². The van der Waals surface area contributed by atoms with Crippen LogP contribution in [-0.4, -0.2) is 23.3 Å². The summed E-state index contributed by atoms with van der Waals surface area (Å²) in [6, 6.07) is 2.27. The van der Waals surface area contributed by atoms with Crippen molar-refractivity contribution in [3.63, 3.8) is 0 Å². The van der Waals surface area contributed by atoms with Crippen LogP contribution in [0.1, 0.15) is 33.1 Å². The van der Waals surface area contributed by atoms with Gasteiger partial charge in [-0.2, -0.15) is 5.26 Å². The Kier molecular flexibility index (Phi) is 3.29. The number of aliphatic hydroxyl groups is 1.